The van der Waals surface area contributed by atoms with Gasteiger partial charge in [-0.2, -0.15) is 17.5 Å². The Kier molecular flexibility index (Phi) is 8.04. The van der Waals surface area contributed by atoms with E-state index in [-0.39, 0.29) is 44.0 Å². The lowest BCUT2D eigenvalue weighted by Crippen LogP contribution is -2.45. The van der Waals surface area contributed by atoms with Crippen molar-refractivity contribution in [3.8, 4) is 0 Å². The van der Waals surface area contributed by atoms with Crippen molar-refractivity contribution < 1.29 is 26.3 Å². The summed E-state index contributed by atoms with van der Waals surface area (Å²) in [6.07, 6.45) is 1.89. The zero-order valence-corrected chi connectivity index (χ0v) is 24.7. The topological polar surface area (TPSA) is 64.4 Å². The maximum Gasteiger partial charge on any atom is 0.511 e. The van der Waals surface area contributed by atoms with E-state index in [2.05, 4.69) is 10.6 Å². The van der Waals surface area contributed by atoms with Crippen LogP contribution < -0.4 is 0 Å². The van der Waals surface area contributed by atoms with Crippen LogP contribution in [0.4, 0.5) is 13.2 Å². The van der Waals surface area contributed by atoms with Gasteiger partial charge in [-0.3, -0.25) is 0 Å². The fourth-order valence-corrected chi connectivity index (χ4v) is 7.31. The SMILES string of the molecule is O=S(=O)(N1CCC(n2c(C3CCCO3)nc3ccc(C(c4ccc(Cl)cc4)c4ccc(Cl)cc4)cc32)CC1)C(F)(F)F. The summed E-state index contributed by atoms with van der Waals surface area (Å²) in [4.78, 5) is 4.94. The van der Waals surface area contributed by atoms with Crippen LogP contribution in [0.25, 0.3) is 11.0 Å². The molecule has 4 aromatic rings. The average molecular weight is 639 g/mol. The number of sulfonamides is 1. The minimum Gasteiger partial charge on any atom is -0.370 e. The number of alkyl halides is 3. The molecule has 6 nitrogen and oxygen atoms in total. The highest BCUT2D eigenvalue weighted by Crippen LogP contribution is 2.40. The van der Waals surface area contributed by atoms with E-state index in [1.807, 2.05) is 60.7 Å². The van der Waals surface area contributed by atoms with Crippen molar-refractivity contribution >= 4 is 44.3 Å². The largest absolute Gasteiger partial charge is 0.511 e. The van der Waals surface area contributed by atoms with E-state index in [4.69, 9.17) is 32.9 Å². The Morgan fingerprint density at radius 2 is 1.43 bits per heavy atom. The molecule has 0 radical (unpaired) electrons. The first-order chi connectivity index (χ1) is 20.0. The Morgan fingerprint density at radius 1 is 0.857 bits per heavy atom. The molecule has 3 aromatic carbocycles. The second kappa shape index (κ2) is 11.5. The molecule has 2 aliphatic heterocycles. The zero-order valence-electron chi connectivity index (χ0n) is 22.4. The molecule has 0 amide bonds. The molecule has 0 spiro atoms. The molecule has 1 atom stereocenters. The molecule has 0 N–H and O–H groups in total. The van der Waals surface area contributed by atoms with Crippen LogP contribution in [-0.4, -0.2) is 47.5 Å². The monoisotopic (exact) mass is 637 g/mol. The van der Waals surface area contributed by atoms with Crippen LogP contribution in [-0.2, 0) is 14.8 Å². The van der Waals surface area contributed by atoms with Gasteiger partial charge in [-0.1, -0.05) is 53.5 Å². The van der Waals surface area contributed by atoms with Gasteiger partial charge >= 0.3 is 15.5 Å². The highest BCUT2D eigenvalue weighted by molar-refractivity contribution is 7.90. The Bertz CT molecular complexity index is 1630. The molecule has 6 rings (SSSR count). The number of rotatable bonds is 6. The van der Waals surface area contributed by atoms with Crippen molar-refractivity contribution in [2.75, 3.05) is 19.7 Å². The van der Waals surface area contributed by atoms with E-state index in [1.165, 1.54) is 0 Å². The van der Waals surface area contributed by atoms with Crippen molar-refractivity contribution in [3.63, 3.8) is 0 Å². The molecule has 2 fully saturated rings. The number of halogens is 5. The van der Waals surface area contributed by atoms with Crippen LogP contribution in [0.5, 0.6) is 0 Å². The average Bonchev–Trinajstić information content (AvgIpc) is 3.63. The van der Waals surface area contributed by atoms with Gasteiger partial charge in [-0.15, -0.1) is 0 Å². The number of ether oxygens (including phenoxy) is 1. The number of fused-ring (bicyclic) bond motifs is 1. The minimum atomic E-state index is -5.38. The number of piperidine rings is 1. The van der Waals surface area contributed by atoms with Crippen LogP contribution in [0.1, 0.15) is 66.3 Å². The van der Waals surface area contributed by atoms with E-state index < -0.39 is 15.5 Å². The Morgan fingerprint density at radius 3 is 1.95 bits per heavy atom. The summed E-state index contributed by atoms with van der Waals surface area (Å²) in [7, 11) is -5.38. The van der Waals surface area contributed by atoms with E-state index in [1.54, 1.807) is 0 Å². The summed E-state index contributed by atoms with van der Waals surface area (Å²) in [5.74, 6) is 0.573. The second-order valence-corrected chi connectivity index (χ2v) is 13.5. The van der Waals surface area contributed by atoms with Crippen molar-refractivity contribution in [1.82, 2.24) is 13.9 Å². The van der Waals surface area contributed by atoms with Crippen molar-refractivity contribution in [1.29, 1.82) is 0 Å². The number of aromatic nitrogens is 2. The molecular weight excluding hydrogens is 610 g/mol. The van der Waals surface area contributed by atoms with Crippen molar-refractivity contribution in [2.45, 2.75) is 49.3 Å². The van der Waals surface area contributed by atoms with Gasteiger partial charge in [0.1, 0.15) is 11.9 Å². The van der Waals surface area contributed by atoms with E-state index in [0.717, 1.165) is 46.4 Å². The fraction of sp³-hybridized carbons (Fsp3) is 0.367. The first-order valence-electron chi connectivity index (χ1n) is 13.7. The molecule has 1 unspecified atom stereocenters. The molecule has 0 saturated carbocycles. The summed E-state index contributed by atoms with van der Waals surface area (Å²) >= 11 is 12.4. The van der Waals surface area contributed by atoms with Gasteiger partial charge in [0.05, 0.1) is 11.0 Å². The first kappa shape index (κ1) is 29.4. The number of nitrogens with zero attached hydrogens (tertiary/aromatic N) is 3. The fourth-order valence-electron chi connectivity index (χ4n) is 6.08. The molecule has 0 aliphatic carbocycles. The quantitative estimate of drug-likeness (QED) is 0.202. The molecule has 2 aliphatic rings. The Hall–Kier alpha value is -2.63. The number of hydrogen-bond donors (Lipinski definition) is 0. The molecule has 12 heteroatoms. The number of benzene rings is 3. The summed E-state index contributed by atoms with van der Waals surface area (Å²) < 4.78 is 72.4. The van der Waals surface area contributed by atoms with Gasteiger partial charge < -0.3 is 9.30 Å². The highest BCUT2D eigenvalue weighted by atomic mass is 35.5. The van der Waals surface area contributed by atoms with Crippen molar-refractivity contribution in [2.24, 2.45) is 0 Å². The minimum absolute atomic E-state index is 0.155. The lowest BCUT2D eigenvalue weighted by Gasteiger charge is -2.33. The second-order valence-electron chi connectivity index (χ2n) is 10.7. The molecule has 42 heavy (non-hydrogen) atoms. The van der Waals surface area contributed by atoms with Crippen LogP contribution in [0.15, 0.2) is 66.7 Å². The van der Waals surface area contributed by atoms with Crippen LogP contribution in [0.3, 0.4) is 0 Å². The number of hydrogen-bond acceptors (Lipinski definition) is 4. The molecule has 3 heterocycles. The predicted octanol–water partition coefficient (Wildman–Crippen LogP) is 7.86. The van der Waals surface area contributed by atoms with Gasteiger partial charge in [0, 0.05) is 41.7 Å². The third-order valence-electron chi connectivity index (χ3n) is 8.12. The zero-order chi connectivity index (χ0) is 29.6. The van der Waals surface area contributed by atoms with E-state index in [9.17, 15) is 21.6 Å². The van der Waals surface area contributed by atoms with Crippen LogP contribution in [0.2, 0.25) is 10.0 Å². The number of imidazole rings is 1. The van der Waals surface area contributed by atoms with Gasteiger partial charge in [-0.05, 0) is 78.8 Å². The van der Waals surface area contributed by atoms with Gasteiger partial charge in [0.15, 0.2) is 0 Å². The lowest BCUT2D eigenvalue weighted by atomic mass is 9.85. The summed E-state index contributed by atoms with van der Waals surface area (Å²) in [6, 6.07) is 21.2. The van der Waals surface area contributed by atoms with Gasteiger partial charge in [-0.25, -0.2) is 13.4 Å². The van der Waals surface area contributed by atoms with Gasteiger partial charge in [0.25, 0.3) is 0 Å². The summed E-state index contributed by atoms with van der Waals surface area (Å²) in [6.45, 7) is 0.153. The van der Waals surface area contributed by atoms with Crippen LogP contribution >= 0.6 is 23.2 Å². The predicted molar refractivity (Wildman–Crippen MR) is 156 cm³/mol. The molecule has 1 aromatic heterocycles. The molecule has 222 valence electrons. The molecule has 2 saturated heterocycles. The first-order valence-corrected chi connectivity index (χ1v) is 15.9. The lowest BCUT2D eigenvalue weighted by molar-refractivity contribution is -0.0496. The molecular formula is C30H28Cl2F3N3O3S. The Balaban J connectivity index is 1.43. The summed E-state index contributed by atoms with van der Waals surface area (Å²) in [5, 5.41) is 1.25. The Labute approximate surface area is 252 Å². The maximum absolute atomic E-state index is 13.2. The van der Waals surface area contributed by atoms with Gasteiger partial charge in [0.2, 0.25) is 0 Å². The molecule has 0 bridgehead atoms. The highest BCUT2D eigenvalue weighted by Gasteiger charge is 2.50. The maximum atomic E-state index is 13.2. The smallest absolute Gasteiger partial charge is 0.370 e. The van der Waals surface area contributed by atoms with E-state index in [0.29, 0.717) is 21.0 Å². The van der Waals surface area contributed by atoms with Crippen molar-refractivity contribution in [3.05, 3.63) is 99.3 Å². The normalized spacial score (nSPS) is 19.2. The van der Waals surface area contributed by atoms with E-state index >= 15 is 0 Å². The van der Waals surface area contributed by atoms with Crippen LogP contribution in [0, 0.1) is 0 Å². The third-order valence-corrected chi connectivity index (χ3v) is 10.3. The summed E-state index contributed by atoms with van der Waals surface area (Å²) in [5.41, 5.74) is -0.695. The standard InChI is InChI=1S/C30H28Cl2F3N3O3S/c31-22-8-3-19(4-9-22)28(20-5-10-23(32)11-6-20)21-7-12-25-26(18-21)38(29(36-25)27-2-1-17-41-27)24-13-15-37(16-14-24)42(39,40)30(33,34)35/h3-12,18,24,27-28H,1-2,13-17H2. The third kappa shape index (κ3) is 5.55.